The number of rotatable bonds is 11. The van der Waals surface area contributed by atoms with Crippen LogP contribution in [0.2, 0.25) is 0 Å². The van der Waals surface area contributed by atoms with Crippen LogP contribution in [-0.2, 0) is 33.7 Å². The number of benzene rings is 2. The first kappa shape index (κ1) is 25.7. The van der Waals surface area contributed by atoms with E-state index in [0.717, 1.165) is 52.2 Å². The van der Waals surface area contributed by atoms with Crippen molar-refractivity contribution < 1.29 is 19.1 Å². The summed E-state index contributed by atoms with van der Waals surface area (Å²) in [7, 11) is 1.64. The molecule has 2 aromatic carbocycles. The van der Waals surface area contributed by atoms with Gasteiger partial charge in [-0.05, 0) is 48.2 Å². The van der Waals surface area contributed by atoms with Crippen LogP contribution in [0.5, 0.6) is 0 Å². The number of imide groups is 1. The summed E-state index contributed by atoms with van der Waals surface area (Å²) in [6.45, 7) is 3.74. The monoisotopic (exact) mass is 505 g/mol. The van der Waals surface area contributed by atoms with E-state index >= 15 is 0 Å². The summed E-state index contributed by atoms with van der Waals surface area (Å²) in [5, 5.41) is 3.63. The second kappa shape index (κ2) is 12.1. The summed E-state index contributed by atoms with van der Waals surface area (Å²) in [6, 6.07) is 15.8. The number of methoxy groups -OCH3 is 1. The van der Waals surface area contributed by atoms with E-state index in [1.807, 2.05) is 53.2 Å². The molecule has 0 saturated carbocycles. The van der Waals surface area contributed by atoms with E-state index in [4.69, 9.17) is 4.74 Å². The van der Waals surface area contributed by atoms with E-state index in [9.17, 15) is 14.4 Å². The van der Waals surface area contributed by atoms with Gasteiger partial charge in [0.2, 0.25) is 5.91 Å². The normalized spacial score (nSPS) is 14.8. The van der Waals surface area contributed by atoms with Crippen molar-refractivity contribution in [1.29, 1.82) is 0 Å². The van der Waals surface area contributed by atoms with E-state index in [1.165, 1.54) is 4.90 Å². The molecule has 0 radical (unpaired) electrons. The van der Waals surface area contributed by atoms with Crippen LogP contribution in [-0.4, -0.2) is 53.3 Å². The van der Waals surface area contributed by atoms with Crippen molar-refractivity contribution in [2.45, 2.75) is 32.7 Å². The van der Waals surface area contributed by atoms with Crippen LogP contribution in [0.15, 0.2) is 59.6 Å². The minimum atomic E-state index is -0.274. The topological polar surface area (TPSA) is 80.6 Å². The molecule has 1 aromatic heterocycles. The van der Waals surface area contributed by atoms with Gasteiger partial charge in [-0.1, -0.05) is 55.5 Å². The Kier molecular flexibility index (Phi) is 8.61. The Bertz CT molecular complexity index is 1280. The quantitative estimate of drug-likeness (QED) is 0.303. The van der Waals surface area contributed by atoms with E-state index in [2.05, 4.69) is 18.3 Å². The smallest absolute Gasteiger partial charge is 0.293 e. The fraction of sp³-hybridized carbons (Fsp3) is 0.321. The fourth-order valence-corrected chi connectivity index (χ4v) is 5.22. The lowest BCUT2D eigenvalue weighted by molar-refractivity contribution is -0.123. The van der Waals surface area contributed by atoms with Crippen LogP contribution in [0.1, 0.15) is 30.0 Å². The third-order valence-corrected chi connectivity index (χ3v) is 7.09. The molecule has 188 valence electrons. The highest BCUT2D eigenvalue weighted by molar-refractivity contribution is 8.18. The van der Waals surface area contributed by atoms with Crippen LogP contribution in [0.4, 0.5) is 4.79 Å². The van der Waals surface area contributed by atoms with E-state index in [-0.39, 0.29) is 23.6 Å². The highest BCUT2D eigenvalue weighted by Crippen LogP contribution is 2.35. The van der Waals surface area contributed by atoms with E-state index in [0.29, 0.717) is 31.0 Å². The maximum absolute atomic E-state index is 13.1. The third kappa shape index (κ3) is 5.88. The Morgan fingerprint density at radius 1 is 1.11 bits per heavy atom. The summed E-state index contributed by atoms with van der Waals surface area (Å²) in [5.74, 6) is -0.356. The molecule has 7 nitrogen and oxygen atoms in total. The zero-order valence-electron chi connectivity index (χ0n) is 20.7. The first-order chi connectivity index (χ1) is 17.5. The van der Waals surface area contributed by atoms with Crippen LogP contribution in [0, 0.1) is 0 Å². The number of fused-ring (bicyclic) bond motifs is 1. The SMILES string of the molecule is CCc1cccc2c(/C=C3\SC(=O)N(CCc4ccccc4)C3=O)cn(CC(=O)NCCCOC)c12. The molecule has 1 aliphatic rings. The molecule has 3 aromatic rings. The second-order valence-electron chi connectivity index (χ2n) is 8.64. The number of hydrogen-bond acceptors (Lipinski definition) is 5. The number of amides is 3. The molecule has 2 heterocycles. The Hall–Kier alpha value is -3.36. The Balaban J connectivity index is 1.56. The van der Waals surface area contributed by atoms with Crippen LogP contribution >= 0.6 is 11.8 Å². The molecule has 1 N–H and O–H groups in total. The number of nitrogens with one attached hydrogen (secondary N) is 1. The minimum absolute atomic E-state index is 0.0818. The minimum Gasteiger partial charge on any atom is -0.385 e. The average molecular weight is 506 g/mol. The molecular weight excluding hydrogens is 474 g/mol. The lowest BCUT2D eigenvalue weighted by Gasteiger charge is -2.12. The van der Waals surface area contributed by atoms with Crippen molar-refractivity contribution in [3.05, 3.63) is 76.3 Å². The van der Waals surface area contributed by atoms with Crippen LogP contribution in [0.25, 0.3) is 17.0 Å². The molecule has 1 aliphatic heterocycles. The van der Waals surface area contributed by atoms with Crippen molar-refractivity contribution in [3.8, 4) is 0 Å². The number of ether oxygens (including phenoxy) is 1. The summed E-state index contributed by atoms with van der Waals surface area (Å²) in [5.41, 5.74) is 3.99. The van der Waals surface area contributed by atoms with Gasteiger partial charge >= 0.3 is 0 Å². The number of nitrogens with zero attached hydrogens (tertiary/aromatic N) is 2. The largest absolute Gasteiger partial charge is 0.385 e. The Labute approximate surface area is 215 Å². The van der Waals surface area contributed by atoms with Gasteiger partial charge < -0.3 is 14.6 Å². The molecule has 1 saturated heterocycles. The van der Waals surface area contributed by atoms with Crippen molar-refractivity contribution >= 4 is 45.8 Å². The summed E-state index contributed by atoms with van der Waals surface area (Å²) >= 11 is 0.967. The van der Waals surface area contributed by atoms with Gasteiger partial charge in [-0.3, -0.25) is 19.3 Å². The lowest BCUT2D eigenvalue weighted by atomic mass is 10.1. The van der Waals surface area contributed by atoms with E-state index in [1.54, 1.807) is 13.2 Å². The maximum Gasteiger partial charge on any atom is 0.293 e. The summed E-state index contributed by atoms with van der Waals surface area (Å²) in [4.78, 5) is 40.0. The van der Waals surface area contributed by atoms with Gasteiger partial charge in [0.1, 0.15) is 6.54 Å². The number of aromatic nitrogens is 1. The number of hydrogen-bond donors (Lipinski definition) is 1. The molecule has 4 rings (SSSR count). The van der Waals surface area contributed by atoms with Crippen molar-refractivity contribution in [2.75, 3.05) is 26.8 Å². The van der Waals surface area contributed by atoms with Gasteiger partial charge in [0, 0.05) is 44.0 Å². The van der Waals surface area contributed by atoms with Crippen molar-refractivity contribution in [3.63, 3.8) is 0 Å². The first-order valence-corrected chi connectivity index (χ1v) is 13.0. The van der Waals surface area contributed by atoms with Gasteiger partial charge in [0.25, 0.3) is 11.1 Å². The average Bonchev–Trinajstić information content (AvgIpc) is 3.37. The first-order valence-electron chi connectivity index (χ1n) is 12.2. The molecule has 1 fully saturated rings. The predicted octanol–water partition coefficient (Wildman–Crippen LogP) is 4.64. The van der Waals surface area contributed by atoms with Gasteiger partial charge in [0.15, 0.2) is 0 Å². The second-order valence-corrected chi connectivity index (χ2v) is 9.64. The molecule has 8 heteroatoms. The number of para-hydroxylation sites is 1. The lowest BCUT2D eigenvalue weighted by Crippen LogP contribution is -2.30. The Morgan fingerprint density at radius 3 is 2.67 bits per heavy atom. The molecule has 0 atom stereocenters. The van der Waals surface area contributed by atoms with Crippen LogP contribution < -0.4 is 5.32 Å². The molecule has 0 spiro atoms. The standard InChI is InChI=1S/C28H31N3O4S/c1-3-21-11-7-12-23-22(18-30(26(21)23)19-25(32)29-14-8-16-35-2)17-24-27(33)31(28(34)36-24)15-13-20-9-5-4-6-10-20/h4-7,9-12,17-18H,3,8,13-16,19H2,1-2H3,(H,29,32)/b24-17-. The third-order valence-electron chi connectivity index (χ3n) is 6.18. The van der Waals surface area contributed by atoms with Crippen molar-refractivity contribution in [1.82, 2.24) is 14.8 Å². The predicted molar refractivity (Wildman–Crippen MR) is 144 cm³/mol. The number of carbonyl (C=O) groups excluding carboxylic acids is 3. The molecule has 0 unspecified atom stereocenters. The molecule has 3 amide bonds. The Morgan fingerprint density at radius 2 is 1.92 bits per heavy atom. The molecule has 0 bridgehead atoms. The van der Waals surface area contributed by atoms with Crippen LogP contribution in [0.3, 0.4) is 0 Å². The molecule has 0 aliphatic carbocycles. The highest BCUT2D eigenvalue weighted by atomic mass is 32.2. The van der Waals surface area contributed by atoms with Gasteiger partial charge in [-0.15, -0.1) is 0 Å². The molecule has 36 heavy (non-hydrogen) atoms. The van der Waals surface area contributed by atoms with E-state index < -0.39 is 0 Å². The van der Waals surface area contributed by atoms with Gasteiger partial charge in [-0.25, -0.2) is 0 Å². The number of thioether (sulfide) groups is 1. The van der Waals surface area contributed by atoms with Gasteiger partial charge in [0.05, 0.1) is 10.4 Å². The summed E-state index contributed by atoms with van der Waals surface area (Å²) < 4.78 is 6.97. The number of aryl methyl sites for hydroxylation is 1. The summed E-state index contributed by atoms with van der Waals surface area (Å²) in [6.07, 6.45) is 5.86. The van der Waals surface area contributed by atoms with Crippen molar-refractivity contribution in [2.24, 2.45) is 0 Å². The van der Waals surface area contributed by atoms with Gasteiger partial charge in [-0.2, -0.15) is 0 Å². The maximum atomic E-state index is 13.1. The molecular formula is C28H31N3O4S. The zero-order valence-corrected chi connectivity index (χ0v) is 21.5. The number of carbonyl (C=O) groups is 3. The fourth-order valence-electron chi connectivity index (χ4n) is 4.36. The zero-order chi connectivity index (χ0) is 25.5. The highest BCUT2D eigenvalue weighted by Gasteiger charge is 2.34.